The van der Waals surface area contributed by atoms with Crippen molar-refractivity contribution in [3.63, 3.8) is 0 Å². The first kappa shape index (κ1) is 23.9. The van der Waals surface area contributed by atoms with Crippen LogP contribution in [0.3, 0.4) is 0 Å². The van der Waals surface area contributed by atoms with Crippen molar-refractivity contribution < 1.29 is 23.1 Å². The summed E-state index contributed by atoms with van der Waals surface area (Å²) in [7, 11) is -3.61. The number of carbonyl (C=O) groups excluding carboxylic acids is 2. The van der Waals surface area contributed by atoms with Crippen molar-refractivity contribution in [1.82, 2.24) is 19.6 Å². The SMILES string of the molecule is O=C(CCS(=O)(=O)c1ccc2cc(Cl)ccc2c1)N1CCC(N2CN3CN(CO)C=C3C2=O)CC1. The molecule has 2 aromatic rings. The number of halogens is 1. The molecule has 2 aromatic carbocycles. The predicted octanol–water partition coefficient (Wildman–Crippen LogP) is 1.81. The monoisotopic (exact) mass is 518 g/mol. The van der Waals surface area contributed by atoms with E-state index in [-0.39, 0.29) is 41.7 Å². The number of amides is 2. The number of aliphatic hydroxyl groups is 1. The molecule has 0 bridgehead atoms. The Kier molecular flexibility index (Phi) is 6.37. The van der Waals surface area contributed by atoms with Crippen LogP contribution in [0.4, 0.5) is 0 Å². The number of carbonyl (C=O) groups is 2. The molecule has 9 nitrogen and oxygen atoms in total. The number of hydrogen-bond donors (Lipinski definition) is 1. The third kappa shape index (κ3) is 4.70. The molecule has 2 amide bonds. The van der Waals surface area contributed by atoms with E-state index in [0.717, 1.165) is 10.8 Å². The predicted molar refractivity (Wildman–Crippen MR) is 131 cm³/mol. The first-order chi connectivity index (χ1) is 16.7. The molecule has 2 fully saturated rings. The van der Waals surface area contributed by atoms with Crippen LogP contribution >= 0.6 is 11.6 Å². The largest absolute Gasteiger partial charge is 0.376 e. The molecule has 3 heterocycles. The van der Waals surface area contributed by atoms with E-state index in [1.165, 1.54) is 0 Å². The number of aliphatic hydroxyl groups excluding tert-OH is 1. The maximum Gasteiger partial charge on any atom is 0.273 e. The Labute approximate surface area is 209 Å². The summed E-state index contributed by atoms with van der Waals surface area (Å²) in [5, 5.41) is 11.5. The van der Waals surface area contributed by atoms with Gasteiger partial charge in [-0.05, 0) is 47.9 Å². The Hall–Kier alpha value is -2.82. The molecule has 5 rings (SSSR count). The second-order valence-corrected chi connectivity index (χ2v) is 11.7. The molecular weight excluding hydrogens is 492 g/mol. The minimum absolute atomic E-state index is 0.0375. The molecule has 0 spiro atoms. The lowest BCUT2D eigenvalue weighted by Crippen LogP contribution is -2.48. The van der Waals surface area contributed by atoms with E-state index in [1.54, 1.807) is 52.4 Å². The van der Waals surface area contributed by atoms with Gasteiger partial charge < -0.3 is 24.7 Å². The van der Waals surface area contributed by atoms with E-state index < -0.39 is 9.84 Å². The first-order valence-corrected chi connectivity index (χ1v) is 13.6. The van der Waals surface area contributed by atoms with Crippen LogP contribution in [-0.2, 0) is 19.4 Å². The van der Waals surface area contributed by atoms with Gasteiger partial charge in [-0.1, -0.05) is 23.7 Å². The third-order valence-corrected chi connectivity index (χ3v) is 8.91. The quantitative estimate of drug-likeness (QED) is 0.622. The van der Waals surface area contributed by atoms with Crippen molar-refractivity contribution in [2.24, 2.45) is 0 Å². The fraction of sp³-hybridized carbons (Fsp3) is 0.417. The van der Waals surface area contributed by atoms with Gasteiger partial charge in [-0.15, -0.1) is 0 Å². The zero-order valence-electron chi connectivity index (χ0n) is 19.1. The number of hydrogen-bond acceptors (Lipinski definition) is 7. The highest BCUT2D eigenvalue weighted by atomic mass is 35.5. The standard InChI is InChI=1S/C24H27ClN4O5S/c25-19-3-1-18-12-21(4-2-17(18)11-19)35(33,34)10-7-23(31)27-8-5-20(6-9-27)29-15-28-14-26(16-30)13-22(28)24(29)32/h1-4,11-13,20,30H,5-10,14-16H2. The number of likely N-dealkylation sites (tertiary alicyclic amines) is 1. The number of nitrogens with zero attached hydrogens (tertiary/aromatic N) is 4. The summed E-state index contributed by atoms with van der Waals surface area (Å²) in [6.45, 7) is 1.83. The molecule has 0 saturated carbocycles. The molecule has 2 saturated heterocycles. The number of fused-ring (bicyclic) bond motifs is 2. The van der Waals surface area contributed by atoms with Crippen LogP contribution in [0.5, 0.6) is 0 Å². The van der Waals surface area contributed by atoms with E-state index >= 15 is 0 Å². The van der Waals surface area contributed by atoms with Crippen molar-refractivity contribution in [2.45, 2.75) is 30.2 Å². The van der Waals surface area contributed by atoms with Crippen LogP contribution in [0.2, 0.25) is 5.02 Å². The molecule has 3 aliphatic heterocycles. The van der Waals surface area contributed by atoms with Gasteiger partial charge in [0.1, 0.15) is 12.4 Å². The third-order valence-electron chi connectivity index (χ3n) is 6.96. The van der Waals surface area contributed by atoms with E-state index in [9.17, 15) is 23.1 Å². The zero-order chi connectivity index (χ0) is 24.7. The van der Waals surface area contributed by atoms with Crippen LogP contribution in [0, 0.1) is 0 Å². The van der Waals surface area contributed by atoms with Crippen molar-refractivity contribution in [1.29, 1.82) is 0 Å². The van der Waals surface area contributed by atoms with Gasteiger partial charge >= 0.3 is 0 Å². The Morgan fingerprint density at radius 3 is 2.49 bits per heavy atom. The van der Waals surface area contributed by atoms with E-state index in [4.69, 9.17) is 11.6 Å². The maximum absolute atomic E-state index is 12.9. The summed E-state index contributed by atoms with van der Waals surface area (Å²) in [5.41, 5.74) is 0.597. The summed E-state index contributed by atoms with van der Waals surface area (Å²) in [6.07, 6.45) is 2.92. The zero-order valence-corrected chi connectivity index (χ0v) is 20.7. The summed E-state index contributed by atoms with van der Waals surface area (Å²) < 4.78 is 25.7. The lowest BCUT2D eigenvalue weighted by molar-refractivity contribution is -0.133. The molecule has 35 heavy (non-hydrogen) atoms. The molecule has 0 radical (unpaired) electrons. The summed E-state index contributed by atoms with van der Waals surface area (Å²) in [4.78, 5) is 32.9. The molecule has 186 valence electrons. The Morgan fingerprint density at radius 2 is 1.77 bits per heavy atom. The van der Waals surface area contributed by atoms with Gasteiger partial charge in [0.05, 0.1) is 24.0 Å². The highest BCUT2D eigenvalue weighted by Gasteiger charge is 2.41. The summed E-state index contributed by atoms with van der Waals surface area (Å²) in [6, 6.07) is 10.2. The number of benzene rings is 2. The van der Waals surface area contributed by atoms with Crippen molar-refractivity contribution in [3.05, 3.63) is 53.3 Å². The van der Waals surface area contributed by atoms with E-state index in [0.29, 0.717) is 50.0 Å². The lowest BCUT2D eigenvalue weighted by Gasteiger charge is -2.36. The van der Waals surface area contributed by atoms with Crippen LogP contribution in [0.15, 0.2) is 53.2 Å². The fourth-order valence-electron chi connectivity index (χ4n) is 4.98. The maximum atomic E-state index is 12.9. The number of rotatable bonds is 6. The Morgan fingerprint density at radius 1 is 1.06 bits per heavy atom. The van der Waals surface area contributed by atoms with E-state index in [1.807, 2.05) is 9.80 Å². The van der Waals surface area contributed by atoms with Gasteiger partial charge in [-0.25, -0.2) is 8.42 Å². The van der Waals surface area contributed by atoms with Crippen molar-refractivity contribution in [2.75, 3.05) is 38.9 Å². The average Bonchev–Trinajstić information content (AvgIpc) is 3.41. The molecule has 0 unspecified atom stereocenters. The molecule has 11 heteroatoms. The number of piperidine rings is 1. The normalized spacial score (nSPS) is 19.0. The molecule has 0 aromatic heterocycles. The van der Waals surface area contributed by atoms with Gasteiger partial charge in [-0.2, -0.15) is 0 Å². The molecule has 1 N–H and O–H groups in total. The van der Waals surface area contributed by atoms with Gasteiger partial charge in [0.2, 0.25) is 5.91 Å². The van der Waals surface area contributed by atoms with Gasteiger partial charge in [0, 0.05) is 36.8 Å². The highest BCUT2D eigenvalue weighted by Crippen LogP contribution is 2.29. The molecule has 3 aliphatic rings. The summed E-state index contributed by atoms with van der Waals surface area (Å²) >= 11 is 6.00. The van der Waals surface area contributed by atoms with Gasteiger partial charge in [-0.3, -0.25) is 9.59 Å². The Bertz CT molecular complexity index is 1310. The van der Waals surface area contributed by atoms with Crippen LogP contribution in [-0.4, -0.2) is 89.9 Å². The Balaban J connectivity index is 1.15. The van der Waals surface area contributed by atoms with Crippen molar-refractivity contribution >= 4 is 44.0 Å². The van der Waals surface area contributed by atoms with Crippen LogP contribution in [0.1, 0.15) is 19.3 Å². The van der Waals surface area contributed by atoms with Crippen LogP contribution < -0.4 is 0 Å². The molecule has 0 aliphatic carbocycles. The summed E-state index contributed by atoms with van der Waals surface area (Å²) in [5.74, 6) is -0.483. The van der Waals surface area contributed by atoms with Gasteiger partial charge in [0.15, 0.2) is 9.84 Å². The second kappa shape index (κ2) is 9.33. The van der Waals surface area contributed by atoms with E-state index in [2.05, 4.69) is 0 Å². The molecular formula is C24H27ClN4O5S. The topological polar surface area (TPSA) is 101 Å². The average molecular weight is 519 g/mol. The lowest BCUT2D eigenvalue weighted by atomic mass is 10.0. The molecule has 0 atom stereocenters. The minimum atomic E-state index is -3.61. The second-order valence-electron chi connectivity index (χ2n) is 9.18. The number of sulfone groups is 1. The van der Waals surface area contributed by atoms with Crippen LogP contribution in [0.25, 0.3) is 10.8 Å². The van der Waals surface area contributed by atoms with Gasteiger partial charge in [0.25, 0.3) is 5.91 Å². The first-order valence-electron chi connectivity index (χ1n) is 11.6. The fourth-order valence-corrected chi connectivity index (χ4v) is 6.42. The smallest absolute Gasteiger partial charge is 0.273 e. The highest BCUT2D eigenvalue weighted by molar-refractivity contribution is 7.91. The van der Waals surface area contributed by atoms with Crippen molar-refractivity contribution in [3.8, 4) is 0 Å². The minimum Gasteiger partial charge on any atom is -0.376 e.